The van der Waals surface area contributed by atoms with Crippen molar-refractivity contribution in [1.82, 2.24) is 19.7 Å². The van der Waals surface area contributed by atoms with Crippen LogP contribution < -0.4 is 0 Å². The Balaban J connectivity index is 0.000000423. The SMILES string of the molecule is CC(C)C(=O)N1CCN(Cc2nccs2)CC2(CC(=O)N(C)C2)C1.O=C(O)C(F)(F)F. The molecule has 3 rings (SSSR count). The number of hydrogen-bond acceptors (Lipinski definition) is 6. The Hall–Kier alpha value is -2.21. The van der Waals surface area contributed by atoms with Gasteiger partial charge in [0.25, 0.3) is 0 Å². The number of alkyl halides is 3. The molecular weight excluding hydrogens is 437 g/mol. The fraction of sp³-hybridized carbons (Fsp3) is 0.684. The molecule has 1 unspecified atom stereocenters. The van der Waals surface area contributed by atoms with Crippen LogP contribution in [-0.4, -0.2) is 88.5 Å². The first-order valence-electron chi connectivity index (χ1n) is 9.76. The molecule has 1 aromatic rings. The van der Waals surface area contributed by atoms with Crippen molar-refractivity contribution in [2.45, 2.75) is 33.0 Å². The van der Waals surface area contributed by atoms with Crippen LogP contribution in [0, 0.1) is 11.3 Å². The molecule has 0 aliphatic carbocycles. The Morgan fingerprint density at radius 2 is 1.90 bits per heavy atom. The number of aromatic nitrogens is 1. The van der Waals surface area contributed by atoms with E-state index in [9.17, 15) is 22.8 Å². The number of rotatable bonds is 3. The summed E-state index contributed by atoms with van der Waals surface area (Å²) in [5, 5.41) is 10.2. The van der Waals surface area contributed by atoms with Gasteiger partial charge in [0.2, 0.25) is 11.8 Å². The molecule has 1 atom stereocenters. The topological polar surface area (TPSA) is 94.1 Å². The van der Waals surface area contributed by atoms with E-state index in [2.05, 4.69) is 9.88 Å². The zero-order chi connectivity index (χ0) is 23.4. The highest BCUT2D eigenvalue weighted by molar-refractivity contribution is 7.09. The van der Waals surface area contributed by atoms with Gasteiger partial charge in [-0.3, -0.25) is 14.5 Å². The molecule has 1 N–H and O–H groups in total. The fourth-order valence-corrected chi connectivity index (χ4v) is 4.53. The van der Waals surface area contributed by atoms with E-state index >= 15 is 0 Å². The molecule has 2 amide bonds. The van der Waals surface area contributed by atoms with Crippen molar-refractivity contribution in [3.63, 3.8) is 0 Å². The van der Waals surface area contributed by atoms with Gasteiger partial charge in [0, 0.05) is 69.1 Å². The van der Waals surface area contributed by atoms with Gasteiger partial charge >= 0.3 is 12.1 Å². The lowest BCUT2D eigenvalue weighted by Gasteiger charge is -2.33. The van der Waals surface area contributed by atoms with Crippen LogP contribution in [0.1, 0.15) is 25.3 Å². The maximum Gasteiger partial charge on any atom is 0.490 e. The Labute approximate surface area is 182 Å². The second-order valence-corrected chi connectivity index (χ2v) is 9.26. The second-order valence-electron chi connectivity index (χ2n) is 8.28. The molecule has 0 bridgehead atoms. The lowest BCUT2D eigenvalue weighted by molar-refractivity contribution is -0.192. The maximum absolute atomic E-state index is 12.6. The molecule has 2 saturated heterocycles. The normalized spacial score (nSPS) is 22.5. The molecule has 8 nitrogen and oxygen atoms in total. The first-order chi connectivity index (χ1) is 14.3. The highest BCUT2D eigenvalue weighted by Crippen LogP contribution is 2.35. The summed E-state index contributed by atoms with van der Waals surface area (Å²) >= 11 is 1.66. The first-order valence-corrected chi connectivity index (χ1v) is 10.6. The molecule has 3 heterocycles. The zero-order valence-electron chi connectivity index (χ0n) is 17.7. The third-order valence-corrected chi connectivity index (χ3v) is 5.95. The lowest BCUT2D eigenvalue weighted by Crippen LogP contribution is -2.45. The van der Waals surface area contributed by atoms with E-state index < -0.39 is 12.1 Å². The summed E-state index contributed by atoms with van der Waals surface area (Å²) in [6, 6.07) is 0. The highest BCUT2D eigenvalue weighted by atomic mass is 32.1. The minimum absolute atomic E-state index is 0.0117. The molecule has 2 fully saturated rings. The molecule has 2 aliphatic heterocycles. The molecule has 1 aromatic heterocycles. The number of carbonyl (C=O) groups is 3. The van der Waals surface area contributed by atoms with Crippen molar-refractivity contribution in [2.24, 2.45) is 11.3 Å². The van der Waals surface area contributed by atoms with E-state index in [0.29, 0.717) is 13.0 Å². The van der Waals surface area contributed by atoms with Crippen LogP contribution >= 0.6 is 11.3 Å². The maximum atomic E-state index is 12.6. The summed E-state index contributed by atoms with van der Waals surface area (Å²) in [6.07, 6.45) is -2.73. The van der Waals surface area contributed by atoms with Crippen LogP contribution in [0.4, 0.5) is 13.2 Å². The fourth-order valence-electron chi connectivity index (χ4n) is 3.87. The molecule has 0 radical (unpaired) electrons. The quantitative estimate of drug-likeness (QED) is 0.735. The van der Waals surface area contributed by atoms with Crippen molar-refractivity contribution < 1.29 is 32.7 Å². The molecule has 2 aliphatic rings. The van der Waals surface area contributed by atoms with Crippen molar-refractivity contribution in [1.29, 1.82) is 0 Å². The van der Waals surface area contributed by atoms with Gasteiger partial charge in [-0.15, -0.1) is 11.3 Å². The van der Waals surface area contributed by atoms with Crippen molar-refractivity contribution >= 4 is 29.1 Å². The number of amides is 2. The summed E-state index contributed by atoms with van der Waals surface area (Å²) in [7, 11) is 1.86. The van der Waals surface area contributed by atoms with Gasteiger partial charge in [0.1, 0.15) is 5.01 Å². The van der Waals surface area contributed by atoms with Gasteiger partial charge in [0.05, 0.1) is 6.54 Å². The smallest absolute Gasteiger partial charge is 0.475 e. The van der Waals surface area contributed by atoms with Crippen LogP contribution in [0.3, 0.4) is 0 Å². The van der Waals surface area contributed by atoms with E-state index in [-0.39, 0.29) is 23.1 Å². The molecule has 31 heavy (non-hydrogen) atoms. The number of carboxylic acid groups (broad SMARTS) is 1. The summed E-state index contributed by atoms with van der Waals surface area (Å²) in [4.78, 5) is 44.2. The van der Waals surface area contributed by atoms with Crippen molar-refractivity contribution in [3.05, 3.63) is 16.6 Å². The van der Waals surface area contributed by atoms with E-state index in [0.717, 1.165) is 37.7 Å². The van der Waals surface area contributed by atoms with Crippen LogP contribution in [0.5, 0.6) is 0 Å². The van der Waals surface area contributed by atoms with Gasteiger partial charge in [-0.05, 0) is 0 Å². The van der Waals surface area contributed by atoms with Crippen LogP contribution in [0.15, 0.2) is 11.6 Å². The van der Waals surface area contributed by atoms with Crippen molar-refractivity contribution in [3.8, 4) is 0 Å². The largest absolute Gasteiger partial charge is 0.490 e. The zero-order valence-corrected chi connectivity index (χ0v) is 18.5. The average molecular weight is 465 g/mol. The predicted molar refractivity (Wildman–Crippen MR) is 107 cm³/mol. The van der Waals surface area contributed by atoms with E-state index in [1.165, 1.54) is 0 Å². The van der Waals surface area contributed by atoms with E-state index in [4.69, 9.17) is 9.90 Å². The summed E-state index contributed by atoms with van der Waals surface area (Å²) in [6.45, 7) is 8.47. The van der Waals surface area contributed by atoms with Gasteiger partial charge < -0.3 is 14.9 Å². The molecule has 1 spiro atoms. The summed E-state index contributed by atoms with van der Waals surface area (Å²) in [5.74, 6) is -2.40. The number of likely N-dealkylation sites (tertiary alicyclic amines) is 1. The minimum Gasteiger partial charge on any atom is -0.475 e. The lowest BCUT2D eigenvalue weighted by atomic mass is 9.85. The Kier molecular flexibility index (Phi) is 8.04. The minimum atomic E-state index is -5.08. The van der Waals surface area contributed by atoms with E-state index in [1.54, 1.807) is 11.3 Å². The molecule has 174 valence electrons. The standard InChI is InChI=1S/C17H26N4O2S.C2HF3O2/c1-13(2)16(23)21-6-5-20(9-14-18-4-7-24-14)11-17(12-21)8-15(22)19(3)10-17;3-2(4,5)1(6)7/h4,7,13H,5-6,8-12H2,1-3H3;(H,6,7). The third kappa shape index (κ3) is 6.89. The van der Waals surface area contributed by atoms with Crippen LogP contribution in [0.2, 0.25) is 0 Å². The number of hydrogen-bond donors (Lipinski definition) is 1. The van der Waals surface area contributed by atoms with Gasteiger partial charge in [-0.25, -0.2) is 9.78 Å². The number of carbonyl (C=O) groups excluding carboxylic acids is 2. The average Bonchev–Trinajstić information content (AvgIpc) is 3.20. The number of nitrogens with zero attached hydrogens (tertiary/aromatic N) is 4. The summed E-state index contributed by atoms with van der Waals surface area (Å²) < 4.78 is 31.7. The monoisotopic (exact) mass is 464 g/mol. The third-order valence-electron chi connectivity index (χ3n) is 5.19. The number of halogens is 3. The Bertz CT molecular complexity index is 788. The van der Waals surface area contributed by atoms with Gasteiger partial charge in [-0.2, -0.15) is 13.2 Å². The predicted octanol–water partition coefficient (Wildman–Crippen LogP) is 1.93. The van der Waals surface area contributed by atoms with E-state index in [1.807, 2.05) is 42.3 Å². The molecule has 12 heteroatoms. The van der Waals surface area contributed by atoms with Gasteiger partial charge in [-0.1, -0.05) is 13.8 Å². The Morgan fingerprint density at radius 3 is 2.35 bits per heavy atom. The summed E-state index contributed by atoms with van der Waals surface area (Å²) in [5.41, 5.74) is -0.163. The second kappa shape index (κ2) is 9.94. The molecule has 0 aromatic carbocycles. The van der Waals surface area contributed by atoms with Crippen LogP contribution in [0.25, 0.3) is 0 Å². The number of carboxylic acids is 1. The van der Waals surface area contributed by atoms with Gasteiger partial charge in [0.15, 0.2) is 0 Å². The number of aliphatic carboxylic acids is 1. The van der Waals surface area contributed by atoms with Crippen LogP contribution in [-0.2, 0) is 20.9 Å². The Morgan fingerprint density at radius 1 is 1.26 bits per heavy atom. The molecular formula is C19H27F3N4O4S. The highest BCUT2D eigenvalue weighted by Gasteiger charge is 2.46. The molecule has 0 saturated carbocycles. The van der Waals surface area contributed by atoms with Crippen molar-refractivity contribution in [2.75, 3.05) is 39.8 Å². The number of thiazole rings is 1. The first kappa shape index (κ1) is 25.1.